The molecule has 1 unspecified atom stereocenters. The van der Waals surface area contributed by atoms with Crippen LogP contribution in [0.4, 0.5) is 13.2 Å². The third-order valence-electron chi connectivity index (χ3n) is 6.50. The molecule has 7 heteroatoms. The molecule has 3 rings (SSSR count). The van der Waals surface area contributed by atoms with E-state index in [1.807, 2.05) is 38.4 Å². The predicted molar refractivity (Wildman–Crippen MR) is 139 cm³/mol. The first-order chi connectivity index (χ1) is 17.1. The Morgan fingerprint density at radius 1 is 0.944 bits per heavy atom. The molecule has 1 atom stereocenters. The van der Waals surface area contributed by atoms with Gasteiger partial charge < -0.3 is 9.64 Å². The zero-order valence-electron chi connectivity index (χ0n) is 21.8. The van der Waals surface area contributed by atoms with E-state index in [1.165, 1.54) is 12.1 Å². The minimum atomic E-state index is -4.36. The quantitative estimate of drug-likeness (QED) is 0.420. The summed E-state index contributed by atoms with van der Waals surface area (Å²) in [5.74, 6) is 6.97. The Balaban J connectivity index is 1.57. The fourth-order valence-electron chi connectivity index (χ4n) is 4.22. The second kappa shape index (κ2) is 13.1. The normalized spacial score (nSPS) is 16.1. The van der Waals surface area contributed by atoms with E-state index in [9.17, 15) is 13.2 Å². The molecule has 1 aliphatic rings. The number of alkyl halides is 3. The van der Waals surface area contributed by atoms with Crippen LogP contribution in [0.2, 0.25) is 0 Å². The average molecular weight is 502 g/mol. The maximum atomic E-state index is 12.9. The highest BCUT2D eigenvalue weighted by Gasteiger charge is 2.30. The van der Waals surface area contributed by atoms with Crippen LogP contribution in [0.5, 0.6) is 5.75 Å². The van der Waals surface area contributed by atoms with Gasteiger partial charge in [0.15, 0.2) is 0 Å². The van der Waals surface area contributed by atoms with E-state index < -0.39 is 11.7 Å². The number of ether oxygens (including phenoxy) is 1. The van der Waals surface area contributed by atoms with E-state index >= 15 is 0 Å². The first-order valence-electron chi connectivity index (χ1n) is 12.7. The highest BCUT2D eigenvalue weighted by atomic mass is 19.4. The molecule has 1 saturated heterocycles. The molecule has 1 fully saturated rings. The minimum Gasteiger partial charge on any atom is -0.486 e. The Labute approximate surface area is 214 Å². The fraction of sp³-hybridized carbons (Fsp3) is 0.517. The number of piperazine rings is 1. The van der Waals surface area contributed by atoms with Crippen molar-refractivity contribution in [3.05, 3.63) is 65.2 Å². The van der Waals surface area contributed by atoms with E-state index in [4.69, 9.17) is 4.74 Å². The van der Waals surface area contributed by atoms with Crippen LogP contribution in [0, 0.1) is 11.8 Å². The van der Waals surface area contributed by atoms with Crippen molar-refractivity contribution >= 4 is 0 Å². The number of hydrogen-bond acceptors (Lipinski definition) is 4. The maximum Gasteiger partial charge on any atom is 0.416 e. The summed E-state index contributed by atoms with van der Waals surface area (Å²) in [7, 11) is 3.97. The number of halogens is 3. The van der Waals surface area contributed by atoms with Crippen LogP contribution in [0.15, 0.2) is 48.5 Å². The van der Waals surface area contributed by atoms with Crippen molar-refractivity contribution in [1.82, 2.24) is 14.7 Å². The smallest absolute Gasteiger partial charge is 0.416 e. The van der Waals surface area contributed by atoms with Gasteiger partial charge in [-0.2, -0.15) is 13.2 Å². The van der Waals surface area contributed by atoms with Gasteiger partial charge in [-0.3, -0.25) is 9.80 Å². The largest absolute Gasteiger partial charge is 0.486 e. The maximum absolute atomic E-state index is 12.9. The summed E-state index contributed by atoms with van der Waals surface area (Å²) in [6.45, 7) is 10.7. The number of nitrogens with zero attached hydrogens (tertiary/aromatic N) is 3. The Morgan fingerprint density at radius 2 is 1.58 bits per heavy atom. The van der Waals surface area contributed by atoms with Gasteiger partial charge in [0.25, 0.3) is 0 Å². The highest BCUT2D eigenvalue weighted by Crippen LogP contribution is 2.32. The van der Waals surface area contributed by atoms with E-state index in [0.717, 1.165) is 68.9 Å². The summed E-state index contributed by atoms with van der Waals surface area (Å²) in [4.78, 5) is 7.05. The molecule has 1 aliphatic heterocycles. The van der Waals surface area contributed by atoms with E-state index in [1.54, 1.807) is 0 Å². The molecule has 0 saturated carbocycles. The molecule has 2 aromatic carbocycles. The van der Waals surface area contributed by atoms with Gasteiger partial charge in [-0.1, -0.05) is 24.0 Å². The molecule has 0 N–H and O–H groups in total. The molecule has 0 aromatic heterocycles. The number of benzene rings is 2. The number of rotatable bonds is 9. The monoisotopic (exact) mass is 501 g/mol. The van der Waals surface area contributed by atoms with Crippen LogP contribution in [-0.4, -0.2) is 74.1 Å². The van der Waals surface area contributed by atoms with Crippen molar-refractivity contribution in [3.63, 3.8) is 0 Å². The van der Waals surface area contributed by atoms with Gasteiger partial charge in [-0.15, -0.1) is 0 Å². The molecule has 2 aromatic rings. The minimum absolute atomic E-state index is 0.268. The molecule has 36 heavy (non-hydrogen) atoms. The fourth-order valence-corrected chi connectivity index (χ4v) is 4.22. The van der Waals surface area contributed by atoms with Crippen LogP contribution >= 0.6 is 0 Å². The van der Waals surface area contributed by atoms with Crippen LogP contribution in [0.25, 0.3) is 0 Å². The molecule has 0 spiro atoms. The van der Waals surface area contributed by atoms with E-state index in [2.05, 4.69) is 40.4 Å². The van der Waals surface area contributed by atoms with Gasteiger partial charge in [0.1, 0.15) is 11.9 Å². The second-order valence-corrected chi connectivity index (χ2v) is 9.87. The van der Waals surface area contributed by atoms with Gasteiger partial charge in [0.2, 0.25) is 0 Å². The van der Waals surface area contributed by atoms with Crippen LogP contribution < -0.4 is 4.74 Å². The molecular weight excluding hydrogens is 463 g/mol. The van der Waals surface area contributed by atoms with Crippen molar-refractivity contribution in [3.8, 4) is 17.6 Å². The summed E-state index contributed by atoms with van der Waals surface area (Å²) in [6.07, 6.45) is -3.08. The zero-order valence-corrected chi connectivity index (χ0v) is 21.8. The van der Waals surface area contributed by atoms with Crippen molar-refractivity contribution in [2.24, 2.45) is 0 Å². The second-order valence-electron chi connectivity index (χ2n) is 9.87. The van der Waals surface area contributed by atoms with Gasteiger partial charge in [0, 0.05) is 63.7 Å². The van der Waals surface area contributed by atoms with Crippen molar-refractivity contribution in [2.75, 3.05) is 53.4 Å². The van der Waals surface area contributed by atoms with Crippen molar-refractivity contribution in [2.45, 2.75) is 45.0 Å². The van der Waals surface area contributed by atoms with Gasteiger partial charge in [-0.25, -0.2) is 0 Å². The lowest BCUT2D eigenvalue weighted by molar-refractivity contribution is -0.137. The first kappa shape index (κ1) is 28.0. The molecular formula is C29H38F3N3O. The van der Waals surface area contributed by atoms with Crippen molar-refractivity contribution < 1.29 is 17.9 Å². The van der Waals surface area contributed by atoms with E-state index in [-0.39, 0.29) is 6.10 Å². The van der Waals surface area contributed by atoms with E-state index in [0.29, 0.717) is 18.2 Å². The summed E-state index contributed by atoms with van der Waals surface area (Å²) in [5.41, 5.74) is 1.25. The summed E-state index contributed by atoms with van der Waals surface area (Å²) in [6, 6.07) is 13.5. The SMILES string of the molecule is CC(C)N1CCN(CCC#Cc2ccc(C(CCN(C)C)Oc3ccc(C(F)(F)F)cc3)cc2)CC1. The molecule has 196 valence electrons. The Hall–Kier alpha value is -2.53. The Bertz CT molecular complexity index is 984. The molecule has 4 nitrogen and oxygen atoms in total. The topological polar surface area (TPSA) is 19.0 Å². The molecule has 0 aliphatic carbocycles. The van der Waals surface area contributed by atoms with Crippen molar-refractivity contribution in [1.29, 1.82) is 0 Å². The third-order valence-corrected chi connectivity index (χ3v) is 6.50. The summed E-state index contributed by atoms with van der Waals surface area (Å²) >= 11 is 0. The first-order valence-corrected chi connectivity index (χ1v) is 12.7. The highest BCUT2D eigenvalue weighted by molar-refractivity contribution is 5.37. The molecule has 0 amide bonds. The van der Waals surface area contributed by atoms with Crippen LogP contribution in [0.3, 0.4) is 0 Å². The Kier molecular flexibility index (Phi) is 10.2. The lowest BCUT2D eigenvalue weighted by Gasteiger charge is -2.36. The lowest BCUT2D eigenvalue weighted by atomic mass is 10.0. The average Bonchev–Trinajstić information content (AvgIpc) is 2.85. The molecule has 0 bridgehead atoms. The predicted octanol–water partition coefficient (Wildman–Crippen LogP) is 5.54. The number of hydrogen-bond donors (Lipinski definition) is 0. The Morgan fingerprint density at radius 3 is 2.14 bits per heavy atom. The molecule has 0 radical (unpaired) electrons. The zero-order chi connectivity index (χ0) is 26.1. The van der Waals surface area contributed by atoms with Crippen LogP contribution in [0.1, 0.15) is 49.5 Å². The van der Waals surface area contributed by atoms with Gasteiger partial charge in [0.05, 0.1) is 5.56 Å². The lowest BCUT2D eigenvalue weighted by Crippen LogP contribution is -2.48. The summed E-state index contributed by atoms with van der Waals surface area (Å²) in [5, 5.41) is 0. The van der Waals surface area contributed by atoms with Gasteiger partial charge >= 0.3 is 6.18 Å². The third kappa shape index (κ3) is 8.85. The standard InChI is InChI=1S/C29H38F3N3O/c1-23(2)35-21-19-34(20-22-35)17-6-5-7-24-8-10-25(11-9-24)28(16-18-33(3)4)36-27-14-12-26(13-15-27)29(30,31)32/h8-15,23,28H,6,16-22H2,1-4H3. The molecule has 1 heterocycles. The summed E-state index contributed by atoms with van der Waals surface area (Å²) < 4.78 is 44.7. The van der Waals surface area contributed by atoms with Crippen LogP contribution in [-0.2, 0) is 6.18 Å². The van der Waals surface area contributed by atoms with Gasteiger partial charge in [-0.05, 0) is 69.9 Å².